The minimum Gasteiger partial charge on any atom is -0.357 e. The SMILES string of the molecule is CCNC(=NCc1nncn1CC)N1CCC(CSc2ccccc2)C1. The highest BCUT2D eigenvalue weighted by Gasteiger charge is 2.25. The molecule has 7 heteroatoms. The third-order valence-corrected chi connectivity index (χ3v) is 5.80. The molecule has 1 fully saturated rings. The third-order valence-electron chi connectivity index (χ3n) is 4.56. The first-order chi connectivity index (χ1) is 12.8. The molecule has 1 aliphatic rings. The molecular formula is C19H28N6S. The van der Waals surface area contributed by atoms with Crippen LogP contribution in [0.3, 0.4) is 0 Å². The van der Waals surface area contributed by atoms with E-state index in [9.17, 15) is 0 Å². The van der Waals surface area contributed by atoms with E-state index in [0.29, 0.717) is 12.5 Å². The molecule has 1 aromatic carbocycles. The standard InChI is InChI=1S/C19H28N6S/c1-3-20-19(21-12-18-23-22-15-24(18)4-2)25-11-10-16(13-25)14-26-17-8-6-5-7-9-17/h5-9,15-16H,3-4,10-14H2,1-2H3,(H,20,21). The molecule has 1 N–H and O–H groups in total. The van der Waals surface area contributed by atoms with Gasteiger partial charge in [0, 0.05) is 36.8 Å². The molecule has 3 rings (SSSR count). The number of benzene rings is 1. The van der Waals surface area contributed by atoms with Crippen LogP contribution < -0.4 is 5.32 Å². The lowest BCUT2D eigenvalue weighted by Gasteiger charge is -2.21. The molecule has 0 bridgehead atoms. The summed E-state index contributed by atoms with van der Waals surface area (Å²) >= 11 is 1.95. The molecule has 6 nitrogen and oxygen atoms in total. The first-order valence-corrected chi connectivity index (χ1v) is 10.4. The van der Waals surface area contributed by atoms with Gasteiger partial charge in [-0.1, -0.05) is 18.2 Å². The number of aryl methyl sites for hydroxylation is 1. The van der Waals surface area contributed by atoms with E-state index < -0.39 is 0 Å². The zero-order valence-electron chi connectivity index (χ0n) is 15.6. The fourth-order valence-corrected chi connectivity index (χ4v) is 4.18. The van der Waals surface area contributed by atoms with E-state index in [1.807, 2.05) is 16.3 Å². The Labute approximate surface area is 160 Å². The van der Waals surface area contributed by atoms with Crippen LogP contribution in [0.1, 0.15) is 26.1 Å². The van der Waals surface area contributed by atoms with Crippen LogP contribution in [0.4, 0.5) is 0 Å². The average Bonchev–Trinajstić information content (AvgIpc) is 3.33. The second-order valence-corrected chi connectivity index (χ2v) is 7.52. The van der Waals surface area contributed by atoms with Crippen molar-refractivity contribution in [1.82, 2.24) is 25.0 Å². The lowest BCUT2D eigenvalue weighted by Crippen LogP contribution is -2.40. The van der Waals surface area contributed by atoms with Crippen LogP contribution in [0.25, 0.3) is 0 Å². The highest BCUT2D eigenvalue weighted by molar-refractivity contribution is 7.99. The van der Waals surface area contributed by atoms with Crippen molar-refractivity contribution in [3.05, 3.63) is 42.5 Å². The number of nitrogens with one attached hydrogen (secondary N) is 1. The van der Waals surface area contributed by atoms with E-state index in [2.05, 4.69) is 64.6 Å². The highest BCUT2D eigenvalue weighted by atomic mass is 32.2. The summed E-state index contributed by atoms with van der Waals surface area (Å²) < 4.78 is 2.04. The Kier molecular flexibility index (Phi) is 6.94. The Bertz CT molecular complexity index is 699. The van der Waals surface area contributed by atoms with Gasteiger partial charge in [0.1, 0.15) is 12.9 Å². The summed E-state index contributed by atoms with van der Waals surface area (Å²) in [5.41, 5.74) is 0. The number of aliphatic imine (C=N–C) groups is 1. The molecule has 2 heterocycles. The molecule has 0 saturated carbocycles. The summed E-state index contributed by atoms with van der Waals surface area (Å²) in [6.45, 7) is 8.64. The first-order valence-electron chi connectivity index (χ1n) is 9.38. The number of hydrogen-bond donors (Lipinski definition) is 1. The largest absolute Gasteiger partial charge is 0.357 e. The Hall–Kier alpha value is -2.02. The monoisotopic (exact) mass is 372 g/mol. The first kappa shape index (κ1) is 18.8. The van der Waals surface area contributed by atoms with Crippen molar-refractivity contribution in [1.29, 1.82) is 0 Å². The smallest absolute Gasteiger partial charge is 0.194 e. The van der Waals surface area contributed by atoms with Gasteiger partial charge in [0.05, 0.1) is 0 Å². The molecule has 2 aromatic rings. The summed E-state index contributed by atoms with van der Waals surface area (Å²) in [6, 6.07) is 10.7. The van der Waals surface area contributed by atoms with Crippen LogP contribution in [0, 0.1) is 5.92 Å². The zero-order valence-corrected chi connectivity index (χ0v) is 16.5. The topological polar surface area (TPSA) is 58.3 Å². The maximum absolute atomic E-state index is 4.80. The van der Waals surface area contributed by atoms with E-state index in [1.54, 1.807) is 6.33 Å². The van der Waals surface area contributed by atoms with Gasteiger partial charge in [0.25, 0.3) is 0 Å². The molecule has 0 radical (unpaired) electrons. The van der Waals surface area contributed by atoms with Crippen LogP contribution in [0.5, 0.6) is 0 Å². The lowest BCUT2D eigenvalue weighted by molar-refractivity contribution is 0.473. The van der Waals surface area contributed by atoms with Gasteiger partial charge >= 0.3 is 0 Å². The van der Waals surface area contributed by atoms with Crippen LogP contribution in [-0.2, 0) is 13.1 Å². The third kappa shape index (κ3) is 5.00. The van der Waals surface area contributed by atoms with Crippen LogP contribution in [-0.4, -0.2) is 51.0 Å². The molecule has 26 heavy (non-hydrogen) atoms. The van der Waals surface area contributed by atoms with Gasteiger partial charge in [-0.05, 0) is 38.3 Å². The summed E-state index contributed by atoms with van der Waals surface area (Å²) in [5, 5.41) is 11.6. The normalized spacial score (nSPS) is 17.7. The van der Waals surface area contributed by atoms with Gasteiger partial charge in [-0.3, -0.25) is 0 Å². The Morgan fingerprint density at radius 1 is 1.31 bits per heavy atom. The van der Waals surface area contributed by atoms with Crippen molar-refractivity contribution < 1.29 is 0 Å². The summed E-state index contributed by atoms with van der Waals surface area (Å²) in [7, 11) is 0. The molecule has 140 valence electrons. The molecule has 1 aromatic heterocycles. The Morgan fingerprint density at radius 2 is 2.15 bits per heavy atom. The second kappa shape index (κ2) is 9.62. The second-order valence-electron chi connectivity index (χ2n) is 6.43. The van der Waals surface area contributed by atoms with Gasteiger partial charge < -0.3 is 14.8 Å². The quantitative estimate of drug-likeness (QED) is 0.460. The van der Waals surface area contributed by atoms with E-state index in [-0.39, 0.29) is 0 Å². The number of thioether (sulfide) groups is 1. The number of hydrogen-bond acceptors (Lipinski definition) is 4. The van der Waals surface area contributed by atoms with E-state index in [4.69, 9.17) is 4.99 Å². The van der Waals surface area contributed by atoms with Crippen molar-refractivity contribution in [2.45, 2.75) is 38.3 Å². The molecule has 1 atom stereocenters. The number of rotatable bonds is 7. The fourth-order valence-electron chi connectivity index (χ4n) is 3.13. The fraction of sp³-hybridized carbons (Fsp3) is 0.526. The molecule has 1 saturated heterocycles. The van der Waals surface area contributed by atoms with Crippen molar-refractivity contribution >= 4 is 17.7 Å². The zero-order chi connectivity index (χ0) is 18.2. The van der Waals surface area contributed by atoms with Crippen molar-refractivity contribution in [2.24, 2.45) is 10.9 Å². The lowest BCUT2D eigenvalue weighted by atomic mass is 10.2. The van der Waals surface area contributed by atoms with Crippen molar-refractivity contribution in [2.75, 3.05) is 25.4 Å². The number of likely N-dealkylation sites (tertiary alicyclic amines) is 1. The predicted molar refractivity (Wildman–Crippen MR) is 107 cm³/mol. The Balaban J connectivity index is 1.56. The minimum absolute atomic E-state index is 0.566. The van der Waals surface area contributed by atoms with Gasteiger partial charge in [-0.2, -0.15) is 0 Å². The molecule has 0 spiro atoms. The molecule has 0 amide bonds. The highest BCUT2D eigenvalue weighted by Crippen LogP contribution is 2.25. The van der Waals surface area contributed by atoms with E-state index in [1.165, 1.54) is 11.3 Å². The van der Waals surface area contributed by atoms with Gasteiger partial charge in [-0.25, -0.2) is 4.99 Å². The van der Waals surface area contributed by atoms with Gasteiger partial charge in [-0.15, -0.1) is 22.0 Å². The Morgan fingerprint density at radius 3 is 2.92 bits per heavy atom. The van der Waals surface area contributed by atoms with E-state index in [0.717, 1.165) is 43.7 Å². The van der Waals surface area contributed by atoms with Crippen LogP contribution >= 0.6 is 11.8 Å². The molecule has 1 unspecified atom stereocenters. The van der Waals surface area contributed by atoms with Crippen LogP contribution in [0.15, 0.2) is 46.5 Å². The number of aromatic nitrogens is 3. The predicted octanol–water partition coefficient (Wildman–Crippen LogP) is 2.88. The molecule has 0 aliphatic carbocycles. The molecular weight excluding hydrogens is 344 g/mol. The van der Waals surface area contributed by atoms with E-state index >= 15 is 0 Å². The summed E-state index contributed by atoms with van der Waals surface area (Å²) in [6.07, 6.45) is 2.99. The molecule has 1 aliphatic heterocycles. The average molecular weight is 373 g/mol. The van der Waals surface area contributed by atoms with Gasteiger partial charge in [0.15, 0.2) is 11.8 Å². The maximum Gasteiger partial charge on any atom is 0.194 e. The number of guanidine groups is 1. The number of nitrogens with zero attached hydrogens (tertiary/aromatic N) is 5. The minimum atomic E-state index is 0.566. The van der Waals surface area contributed by atoms with Crippen LogP contribution in [0.2, 0.25) is 0 Å². The summed E-state index contributed by atoms with van der Waals surface area (Å²) in [4.78, 5) is 8.53. The van der Waals surface area contributed by atoms with Gasteiger partial charge in [0.2, 0.25) is 0 Å². The van der Waals surface area contributed by atoms with Crippen molar-refractivity contribution in [3.63, 3.8) is 0 Å². The summed E-state index contributed by atoms with van der Waals surface area (Å²) in [5.74, 6) is 3.76. The van der Waals surface area contributed by atoms with Crippen molar-refractivity contribution in [3.8, 4) is 0 Å². The maximum atomic E-state index is 4.80.